The van der Waals surface area contributed by atoms with E-state index in [4.69, 9.17) is 5.11 Å². The van der Waals surface area contributed by atoms with Crippen LogP contribution in [0.4, 0.5) is 4.79 Å². The predicted molar refractivity (Wildman–Crippen MR) is 80.9 cm³/mol. The van der Waals surface area contributed by atoms with Gasteiger partial charge in [-0.3, -0.25) is 4.79 Å². The van der Waals surface area contributed by atoms with Crippen LogP contribution < -0.4 is 5.32 Å². The second kappa shape index (κ2) is 13.9. The number of hydrogen-bond donors (Lipinski definition) is 2. The molecule has 96 valence electrons. The summed E-state index contributed by atoms with van der Waals surface area (Å²) in [6.45, 7) is 2.34. The third-order valence-electron chi connectivity index (χ3n) is 1.39. The highest BCUT2D eigenvalue weighted by Gasteiger charge is 2.00. The monoisotopic (exact) mass is 301 g/mol. The minimum absolute atomic E-state index is 0.0543. The van der Waals surface area contributed by atoms with Crippen LogP contribution in [0.3, 0.4) is 0 Å². The smallest absolute Gasteiger partial charge is 0.279 e. The molecule has 0 spiro atoms. The number of amides is 1. The quantitative estimate of drug-likeness (QED) is 0.478. The zero-order valence-electron chi connectivity index (χ0n) is 9.44. The summed E-state index contributed by atoms with van der Waals surface area (Å²) in [5.74, 6) is 4.30. The Balaban J connectivity index is 3.12. The van der Waals surface area contributed by atoms with E-state index in [9.17, 15) is 4.79 Å². The fourth-order valence-corrected chi connectivity index (χ4v) is 4.00. The Hall–Kier alpha value is 0.830. The molecule has 0 aromatic carbocycles. The van der Waals surface area contributed by atoms with Crippen LogP contribution in [0.5, 0.6) is 0 Å². The summed E-state index contributed by atoms with van der Waals surface area (Å²) in [5.41, 5.74) is 0. The largest absolute Gasteiger partial charge is 0.396 e. The number of aliphatic hydroxyl groups excluding tert-OH is 1. The van der Waals surface area contributed by atoms with Crippen LogP contribution in [0.2, 0.25) is 0 Å². The van der Waals surface area contributed by atoms with Crippen LogP contribution in [0, 0.1) is 0 Å². The topological polar surface area (TPSA) is 49.3 Å². The highest BCUT2D eigenvalue weighted by molar-refractivity contribution is 8.16. The molecule has 7 heteroatoms. The Bertz CT molecular complexity index is 156. The van der Waals surface area contributed by atoms with Gasteiger partial charge in [0.1, 0.15) is 0 Å². The van der Waals surface area contributed by atoms with Crippen molar-refractivity contribution in [1.82, 2.24) is 5.32 Å². The van der Waals surface area contributed by atoms with Gasteiger partial charge in [0.15, 0.2) is 0 Å². The van der Waals surface area contributed by atoms with Gasteiger partial charge in [-0.25, -0.2) is 0 Å². The first kappa shape index (κ1) is 16.8. The molecule has 0 atom stereocenters. The number of aliphatic hydroxyl groups is 1. The lowest BCUT2D eigenvalue weighted by Crippen LogP contribution is -2.18. The predicted octanol–water partition coefficient (Wildman–Crippen LogP) is 2.56. The van der Waals surface area contributed by atoms with Crippen molar-refractivity contribution in [2.45, 2.75) is 6.92 Å². The Morgan fingerprint density at radius 3 is 2.69 bits per heavy atom. The van der Waals surface area contributed by atoms with Gasteiger partial charge >= 0.3 is 0 Å². The van der Waals surface area contributed by atoms with E-state index in [0.717, 1.165) is 28.1 Å². The molecule has 0 aliphatic carbocycles. The minimum atomic E-state index is 0.0543. The molecular weight excluding hydrogens is 282 g/mol. The maximum absolute atomic E-state index is 11.3. The van der Waals surface area contributed by atoms with Gasteiger partial charge in [-0.1, -0.05) is 18.7 Å². The lowest BCUT2D eigenvalue weighted by molar-refractivity contribution is 0.262. The first-order chi connectivity index (χ1) is 7.81. The van der Waals surface area contributed by atoms with Gasteiger partial charge in [-0.15, -0.1) is 11.8 Å². The number of carbonyl (C=O) groups excluding carboxylic acids is 1. The van der Waals surface area contributed by atoms with Crippen LogP contribution >= 0.6 is 47.0 Å². The van der Waals surface area contributed by atoms with E-state index in [2.05, 4.69) is 12.2 Å². The number of rotatable bonds is 10. The summed E-state index contributed by atoms with van der Waals surface area (Å²) in [6.07, 6.45) is 0. The molecule has 0 rings (SSSR count). The molecule has 0 bridgehead atoms. The van der Waals surface area contributed by atoms with Crippen LogP contribution in [0.15, 0.2) is 0 Å². The summed E-state index contributed by atoms with van der Waals surface area (Å²) >= 11 is 6.59. The average Bonchev–Trinajstić information content (AvgIpc) is 2.28. The van der Waals surface area contributed by atoms with Crippen LogP contribution in [-0.2, 0) is 0 Å². The van der Waals surface area contributed by atoms with E-state index in [1.807, 2.05) is 11.8 Å². The summed E-state index contributed by atoms with van der Waals surface area (Å²) in [5, 5.41) is 12.5. The number of carbonyl (C=O) groups is 1. The lowest BCUT2D eigenvalue weighted by Gasteiger charge is -2.04. The molecule has 2 N–H and O–H groups in total. The molecular formula is C9H19NO2S4. The van der Waals surface area contributed by atoms with Crippen molar-refractivity contribution in [3.63, 3.8) is 0 Å². The van der Waals surface area contributed by atoms with E-state index in [-0.39, 0.29) is 11.8 Å². The fourth-order valence-electron chi connectivity index (χ4n) is 0.705. The molecule has 1 amide bonds. The standard InChI is InChI=1S/C9H19NO2S4/c1-2-13-8-15-7-10-9(12)16-6-5-14-4-3-11/h11H,2-8H2,1H3,(H,10,12). The van der Waals surface area contributed by atoms with Crippen LogP contribution in [-0.4, -0.2) is 50.9 Å². The molecule has 0 saturated heterocycles. The average molecular weight is 302 g/mol. The van der Waals surface area contributed by atoms with Crippen molar-refractivity contribution in [2.75, 3.05) is 40.6 Å². The molecule has 0 heterocycles. The molecule has 0 aromatic heterocycles. The highest BCUT2D eigenvalue weighted by Crippen LogP contribution is 2.11. The zero-order chi connectivity index (χ0) is 12.1. The van der Waals surface area contributed by atoms with Crippen molar-refractivity contribution in [3.05, 3.63) is 0 Å². The summed E-state index contributed by atoms with van der Waals surface area (Å²) in [7, 11) is 0. The van der Waals surface area contributed by atoms with Gasteiger partial charge in [0.2, 0.25) is 0 Å². The Labute approximate surface area is 115 Å². The zero-order valence-corrected chi connectivity index (χ0v) is 12.7. The van der Waals surface area contributed by atoms with Crippen LogP contribution in [0.1, 0.15) is 6.92 Å². The second-order valence-corrected chi connectivity index (χ2v) is 7.53. The van der Waals surface area contributed by atoms with Gasteiger partial charge in [0.05, 0.1) is 12.5 Å². The van der Waals surface area contributed by atoms with E-state index >= 15 is 0 Å². The Kier molecular flexibility index (Phi) is 14.6. The van der Waals surface area contributed by atoms with E-state index in [1.54, 1.807) is 23.5 Å². The second-order valence-electron chi connectivity index (χ2n) is 2.61. The number of nitrogens with one attached hydrogen (secondary N) is 1. The van der Waals surface area contributed by atoms with Gasteiger partial charge < -0.3 is 10.4 Å². The third-order valence-corrected chi connectivity index (χ3v) is 5.51. The highest BCUT2D eigenvalue weighted by atomic mass is 32.2. The molecule has 0 fully saturated rings. The van der Waals surface area contributed by atoms with E-state index < -0.39 is 0 Å². The van der Waals surface area contributed by atoms with Crippen molar-refractivity contribution in [3.8, 4) is 0 Å². The van der Waals surface area contributed by atoms with E-state index in [0.29, 0.717) is 5.88 Å². The first-order valence-corrected chi connectivity index (χ1v) is 9.51. The van der Waals surface area contributed by atoms with Gasteiger partial charge in [-0.2, -0.15) is 23.5 Å². The van der Waals surface area contributed by atoms with Gasteiger partial charge in [-0.05, 0) is 5.75 Å². The van der Waals surface area contributed by atoms with Gasteiger partial charge in [0.25, 0.3) is 5.24 Å². The van der Waals surface area contributed by atoms with Gasteiger partial charge in [0, 0.05) is 22.3 Å². The Morgan fingerprint density at radius 2 is 2.00 bits per heavy atom. The normalized spacial score (nSPS) is 10.4. The third kappa shape index (κ3) is 12.9. The van der Waals surface area contributed by atoms with Crippen molar-refractivity contribution >= 4 is 52.3 Å². The molecule has 0 radical (unpaired) electrons. The summed E-state index contributed by atoms with van der Waals surface area (Å²) in [6, 6.07) is 0. The number of thioether (sulfide) groups is 4. The molecule has 0 unspecified atom stereocenters. The first-order valence-electron chi connectivity index (χ1n) is 5.06. The van der Waals surface area contributed by atoms with Crippen molar-refractivity contribution in [2.24, 2.45) is 0 Å². The fraction of sp³-hybridized carbons (Fsp3) is 0.889. The number of hydrogen-bond acceptors (Lipinski definition) is 6. The molecule has 0 saturated carbocycles. The maximum atomic E-state index is 11.3. The SMILES string of the molecule is CCSCSCNC(=O)SCCSCCO. The Morgan fingerprint density at radius 1 is 1.19 bits per heavy atom. The molecule has 0 aliphatic rings. The molecule has 0 aliphatic heterocycles. The lowest BCUT2D eigenvalue weighted by atomic mass is 10.9. The summed E-state index contributed by atoms with van der Waals surface area (Å²) in [4.78, 5) is 11.3. The van der Waals surface area contributed by atoms with E-state index in [1.165, 1.54) is 11.8 Å². The molecule has 0 aromatic rings. The van der Waals surface area contributed by atoms with Crippen molar-refractivity contribution in [1.29, 1.82) is 0 Å². The minimum Gasteiger partial charge on any atom is -0.396 e. The molecule has 3 nitrogen and oxygen atoms in total. The van der Waals surface area contributed by atoms with Crippen LogP contribution in [0.25, 0.3) is 0 Å². The molecule has 16 heavy (non-hydrogen) atoms. The summed E-state index contributed by atoms with van der Waals surface area (Å²) < 4.78 is 0. The van der Waals surface area contributed by atoms with Crippen molar-refractivity contribution < 1.29 is 9.90 Å². The maximum Gasteiger partial charge on any atom is 0.279 e.